The summed E-state index contributed by atoms with van der Waals surface area (Å²) in [7, 11) is 0. The Bertz CT molecular complexity index is 771. The maximum Gasteiger partial charge on any atom is 0.326 e. The highest BCUT2D eigenvalue weighted by molar-refractivity contribution is 5.80. The highest BCUT2D eigenvalue weighted by atomic mass is 16.5. The van der Waals surface area contributed by atoms with Crippen LogP contribution in [-0.4, -0.2) is 22.5 Å². The SMILES string of the molecule is CCOC(=O)CC=Cc1ccc2[nH]c(=O)[nH]c(=O)c2c1. The first-order valence-electron chi connectivity index (χ1n) is 6.18. The van der Waals surface area contributed by atoms with Gasteiger partial charge in [0.05, 0.1) is 23.9 Å². The van der Waals surface area contributed by atoms with Crippen molar-refractivity contribution >= 4 is 22.9 Å². The molecular weight excluding hydrogens is 260 g/mol. The van der Waals surface area contributed by atoms with Gasteiger partial charge in [-0.1, -0.05) is 18.2 Å². The number of esters is 1. The molecule has 0 radical (unpaired) electrons. The number of aromatic nitrogens is 2. The van der Waals surface area contributed by atoms with Crippen LogP contribution in [0.2, 0.25) is 0 Å². The van der Waals surface area contributed by atoms with E-state index in [4.69, 9.17) is 4.74 Å². The maximum atomic E-state index is 11.6. The number of H-pyrrole nitrogens is 2. The van der Waals surface area contributed by atoms with Crippen molar-refractivity contribution in [2.45, 2.75) is 13.3 Å². The van der Waals surface area contributed by atoms with Crippen LogP contribution in [0.25, 0.3) is 17.0 Å². The van der Waals surface area contributed by atoms with Crippen LogP contribution in [0.1, 0.15) is 18.9 Å². The molecule has 104 valence electrons. The summed E-state index contributed by atoms with van der Waals surface area (Å²) >= 11 is 0. The monoisotopic (exact) mass is 274 g/mol. The van der Waals surface area contributed by atoms with Gasteiger partial charge in [0.1, 0.15) is 0 Å². The number of fused-ring (bicyclic) bond motifs is 1. The molecule has 2 rings (SSSR count). The average Bonchev–Trinajstić information content (AvgIpc) is 2.39. The number of hydrogen-bond donors (Lipinski definition) is 2. The molecule has 1 heterocycles. The molecule has 0 amide bonds. The third-order valence-electron chi connectivity index (χ3n) is 2.66. The van der Waals surface area contributed by atoms with Crippen LogP contribution < -0.4 is 11.2 Å². The first-order valence-corrected chi connectivity index (χ1v) is 6.18. The van der Waals surface area contributed by atoms with E-state index in [9.17, 15) is 14.4 Å². The van der Waals surface area contributed by atoms with Crippen LogP contribution in [0.5, 0.6) is 0 Å². The Morgan fingerprint density at radius 2 is 2.10 bits per heavy atom. The Balaban J connectivity index is 2.24. The molecule has 0 saturated carbocycles. The highest BCUT2D eigenvalue weighted by Crippen LogP contribution is 2.10. The van der Waals surface area contributed by atoms with Gasteiger partial charge in [-0.2, -0.15) is 0 Å². The molecule has 20 heavy (non-hydrogen) atoms. The van der Waals surface area contributed by atoms with Crippen LogP contribution >= 0.6 is 0 Å². The number of benzene rings is 1. The molecule has 2 aromatic rings. The number of hydrogen-bond acceptors (Lipinski definition) is 4. The third kappa shape index (κ3) is 3.23. The van der Waals surface area contributed by atoms with Crippen LogP contribution in [-0.2, 0) is 9.53 Å². The molecule has 6 heteroatoms. The van der Waals surface area contributed by atoms with E-state index in [1.54, 1.807) is 37.3 Å². The summed E-state index contributed by atoms with van der Waals surface area (Å²) in [6.07, 6.45) is 3.56. The van der Waals surface area contributed by atoms with E-state index in [0.717, 1.165) is 5.56 Å². The fourth-order valence-electron chi connectivity index (χ4n) is 1.80. The van der Waals surface area contributed by atoms with Crippen molar-refractivity contribution in [1.82, 2.24) is 9.97 Å². The second-order valence-electron chi connectivity index (χ2n) is 4.12. The molecule has 0 spiro atoms. The van der Waals surface area contributed by atoms with Gasteiger partial charge >= 0.3 is 11.7 Å². The van der Waals surface area contributed by atoms with Gasteiger partial charge in [-0.3, -0.25) is 14.6 Å². The molecule has 0 aliphatic carbocycles. The van der Waals surface area contributed by atoms with E-state index < -0.39 is 11.2 Å². The zero-order chi connectivity index (χ0) is 14.5. The third-order valence-corrected chi connectivity index (χ3v) is 2.66. The molecule has 1 aromatic heterocycles. The summed E-state index contributed by atoms with van der Waals surface area (Å²) in [4.78, 5) is 38.6. The summed E-state index contributed by atoms with van der Waals surface area (Å²) in [5, 5.41) is 0.392. The minimum atomic E-state index is -0.534. The maximum absolute atomic E-state index is 11.6. The number of aromatic amines is 2. The molecular formula is C14H14N2O4. The van der Waals surface area contributed by atoms with E-state index in [1.165, 1.54) is 0 Å². The standard InChI is InChI=1S/C14H14N2O4/c1-2-20-12(17)5-3-4-9-6-7-11-10(8-9)13(18)16-14(19)15-11/h3-4,6-8H,2,5H2,1H3,(H2,15,16,18,19). The lowest BCUT2D eigenvalue weighted by Crippen LogP contribution is -2.21. The number of rotatable bonds is 4. The molecule has 0 aliphatic heterocycles. The fraction of sp³-hybridized carbons (Fsp3) is 0.214. The molecule has 0 saturated heterocycles. The van der Waals surface area contributed by atoms with E-state index in [1.807, 2.05) is 0 Å². The van der Waals surface area contributed by atoms with Crippen LogP contribution in [0.3, 0.4) is 0 Å². The summed E-state index contributed by atoms with van der Waals surface area (Å²) in [5.41, 5.74) is 0.262. The Labute approximate surface area is 114 Å². The van der Waals surface area contributed by atoms with E-state index in [2.05, 4.69) is 9.97 Å². The molecule has 1 aromatic carbocycles. The number of ether oxygens (including phenoxy) is 1. The second kappa shape index (κ2) is 6.01. The van der Waals surface area contributed by atoms with Gasteiger partial charge in [-0.15, -0.1) is 0 Å². The summed E-state index contributed by atoms with van der Waals surface area (Å²) in [5.74, 6) is -0.299. The number of carbonyl (C=O) groups excluding carboxylic acids is 1. The Morgan fingerprint density at radius 1 is 1.30 bits per heavy atom. The van der Waals surface area contributed by atoms with Crippen molar-refractivity contribution in [2.24, 2.45) is 0 Å². The van der Waals surface area contributed by atoms with Crippen molar-refractivity contribution in [1.29, 1.82) is 0 Å². The predicted octanol–water partition coefficient (Wildman–Crippen LogP) is 1.18. The molecule has 0 unspecified atom stereocenters. The molecule has 2 N–H and O–H groups in total. The van der Waals surface area contributed by atoms with Crippen LogP contribution in [0.4, 0.5) is 0 Å². The number of carbonyl (C=O) groups is 1. The topological polar surface area (TPSA) is 92.0 Å². The van der Waals surface area contributed by atoms with E-state index in [-0.39, 0.29) is 12.4 Å². The van der Waals surface area contributed by atoms with Gasteiger partial charge in [-0.05, 0) is 24.6 Å². The van der Waals surface area contributed by atoms with Gasteiger partial charge < -0.3 is 9.72 Å². The van der Waals surface area contributed by atoms with Gasteiger partial charge in [0.15, 0.2) is 0 Å². The Kier molecular flexibility index (Phi) is 4.14. The molecule has 0 atom stereocenters. The Morgan fingerprint density at radius 3 is 2.85 bits per heavy atom. The summed E-state index contributed by atoms with van der Waals surface area (Å²) in [6.45, 7) is 2.10. The van der Waals surface area contributed by atoms with Gasteiger partial charge in [0.25, 0.3) is 5.56 Å². The molecule has 0 bridgehead atoms. The van der Waals surface area contributed by atoms with Crippen LogP contribution in [0.15, 0.2) is 33.9 Å². The lowest BCUT2D eigenvalue weighted by Gasteiger charge is -1.99. The Hall–Kier alpha value is -2.63. The molecule has 0 fully saturated rings. The second-order valence-corrected chi connectivity index (χ2v) is 4.12. The van der Waals surface area contributed by atoms with Gasteiger partial charge in [0.2, 0.25) is 0 Å². The van der Waals surface area contributed by atoms with Crippen molar-refractivity contribution in [3.8, 4) is 0 Å². The number of nitrogens with one attached hydrogen (secondary N) is 2. The van der Waals surface area contributed by atoms with Crippen molar-refractivity contribution in [2.75, 3.05) is 6.61 Å². The van der Waals surface area contributed by atoms with E-state index in [0.29, 0.717) is 17.5 Å². The highest BCUT2D eigenvalue weighted by Gasteiger charge is 2.01. The normalized spacial score (nSPS) is 11.1. The molecule has 0 aliphatic rings. The lowest BCUT2D eigenvalue weighted by atomic mass is 10.1. The quantitative estimate of drug-likeness (QED) is 0.819. The lowest BCUT2D eigenvalue weighted by molar-refractivity contribution is -0.142. The fourth-order valence-corrected chi connectivity index (χ4v) is 1.80. The minimum absolute atomic E-state index is 0.174. The minimum Gasteiger partial charge on any atom is -0.466 e. The molecule has 6 nitrogen and oxygen atoms in total. The van der Waals surface area contributed by atoms with E-state index >= 15 is 0 Å². The first-order chi connectivity index (χ1) is 9.60. The smallest absolute Gasteiger partial charge is 0.326 e. The largest absolute Gasteiger partial charge is 0.466 e. The predicted molar refractivity (Wildman–Crippen MR) is 75.5 cm³/mol. The van der Waals surface area contributed by atoms with Crippen LogP contribution in [0, 0.1) is 0 Å². The first kappa shape index (κ1) is 13.8. The summed E-state index contributed by atoms with van der Waals surface area (Å²) < 4.78 is 4.80. The summed E-state index contributed by atoms with van der Waals surface area (Å²) in [6, 6.07) is 5.04. The van der Waals surface area contributed by atoms with Gasteiger partial charge in [-0.25, -0.2) is 4.79 Å². The van der Waals surface area contributed by atoms with Crippen molar-refractivity contribution < 1.29 is 9.53 Å². The van der Waals surface area contributed by atoms with Crippen molar-refractivity contribution in [3.05, 3.63) is 50.7 Å². The zero-order valence-electron chi connectivity index (χ0n) is 10.9. The van der Waals surface area contributed by atoms with Gasteiger partial charge in [0, 0.05) is 0 Å². The van der Waals surface area contributed by atoms with Crippen molar-refractivity contribution in [3.63, 3.8) is 0 Å². The average molecular weight is 274 g/mol. The zero-order valence-corrected chi connectivity index (χ0v) is 10.9.